The standard InChI is InChI=1S/C18H14N2O3S/c1-17(11-19)12-24-18(17)20(14-9-5-6-10-15(14)23-18)16(21)22-13-7-3-2-4-8-13/h2-10H,12H2,1H3. The van der Waals surface area contributed by atoms with Gasteiger partial charge in [0.25, 0.3) is 5.06 Å². The fourth-order valence-electron chi connectivity index (χ4n) is 2.90. The Hall–Kier alpha value is -2.65. The fourth-order valence-corrected chi connectivity index (χ4v) is 4.29. The van der Waals surface area contributed by atoms with Crippen molar-refractivity contribution in [3.05, 3.63) is 54.6 Å². The van der Waals surface area contributed by atoms with Gasteiger partial charge in [-0.3, -0.25) is 0 Å². The molecule has 2 heterocycles. The smallest absolute Gasteiger partial charge is 0.423 e. The van der Waals surface area contributed by atoms with E-state index in [-0.39, 0.29) is 0 Å². The van der Waals surface area contributed by atoms with Crippen LogP contribution < -0.4 is 14.4 Å². The van der Waals surface area contributed by atoms with Crippen LogP contribution in [0.3, 0.4) is 0 Å². The van der Waals surface area contributed by atoms with Gasteiger partial charge in [0.15, 0.2) is 0 Å². The first-order valence-electron chi connectivity index (χ1n) is 7.50. The lowest BCUT2D eigenvalue weighted by Crippen LogP contribution is -2.67. The minimum atomic E-state index is -1.09. The molecule has 0 N–H and O–H groups in total. The largest absolute Gasteiger partial charge is 0.454 e. The summed E-state index contributed by atoms with van der Waals surface area (Å²) in [5, 5.41) is 8.53. The van der Waals surface area contributed by atoms with E-state index in [1.165, 1.54) is 16.7 Å². The predicted molar refractivity (Wildman–Crippen MR) is 90.9 cm³/mol. The van der Waals surface area contributed by atoms with Crippen molar-refractivity contribution in [1.29, 1.82) is 5.26 Å². The normalized spacial score (nSPS) is 26.9. The molecule has 0 aliphatic carbocycles. The van der Waals surface area contributed by atoms with Gasteiger partial charge in [-0.15, -0.1) is 0 Å². The highest BCUT2D eigenvalue weighted by Crippen LogP contribution is 2.63. The van der Waals surface area contributed by atoms with Crippen molar-refractivity contribution in [2.75, 3.05) is 10.7 Å². The highest BCUT2D eigenvalue weighted by molar-refractivity contribution is 8.02. The van der Waals surface area contributed by atoms with Gasteiger partial charge < -0.3 is 9.47 Å². The van der Waals surface area contributed by atoms with E-state index >= 15 is 0 Å². The molecule has 6 heteroatoms. The number of benzene rings is 2. The number of ether oxygens (including phenoxy) is 2. The molecule has 1 spiro atoms. The van der Waals surface area contributed by atoms with Crippen molar-refractivity contribution in [3.63, 3.8) is 0 Å². The van der Waals surface area contributed by atoms with Gasteiger partial charge in [-0.1, -0.05) is 42.1 Å². The van der Waals surface area contributed by atoms with E-state index in [0.29, 0.717) is 22.9 Å². The Morgan fingerprint density at radius 2 is 1.96 bits per heavy atom. The molecule has 24 heavy (non-hydrogen) atoms. The number of anilines is 1. The Labute approximate surface area is 143 Å². The molecule has 1 fully saturated rings. The number of carbonyl (C=O) groups excluding carboxylic acids is 1. The number of nitrogens with zero attached hydrogens (tertiary/aromatic N) is 2. The summed E-state index contributed by atoms with van der Waals surface area (Å²) in [5.74, 6) is 1.62. The zero-order valence-electron chi connectivity index (χ0n) is 12.9. The Bertz CT molecular complexity index is 851. The first kappa shape index (κ1) is 14.9. The summed E-state index contributed by atoms with van der Waals surface area (Å²) in [4.78, 5) is 14.4. The molecule has 2 atom stereocenters. The molecular weight excluding hydrogens is 324 g/mol. The molecule has 2 unspecified atom stereocenters. The molecule has 120 valence electrons. The van der Waals surface area contributed by atoms with Crippen molar-refractivity contribution in [3.8, 4) is 17.6 Å². The molecule has 2 aliphatic rings. The van der Waals surface area contributed by atoms with E-state index < -0.39 is 16.6 Å². The second-order valence-corrected chi connectivity index (χ2v) is 7.03. The molecule has 2 aliphatic heterocycles. The summed E-state index contributed by atoms with van der Waals surface area (Å²) < 4.78 is 11.6. The number of fused-ring (bicyclic) bond motifs is 1. The number of thioether (sulfide) groups is 1. The van der Waals surface area contributed by atoms with Crippen LogP contribution in [0.15, 0.2) is 54.6 Å². The third-order valence-electron chi connectivity index (χ3n) is 4.28. The van der Waals surface area contributed by atoms with Crippen LogP contribution >= 0.6 is 11.8 Å². The van der Waals surface area contributed by atoms with Gasteiger partial charge in [-0.2, -0.15) is 5.26 Å². The second kappa shape index (κ2) is 5.18. The number of para-hydroxylation sites is 3. The van der Waals surface area contributed by atoms with Crippen molar-refractivity contribution < 1.29 is 14.3 Å². The Balaban J connectivity index is 1.75. The molecule has 4 rings (SSSR count). The Kier molecular flexibility index (Phi) is 3.22. The van der Waals surface area contributed by atoms with E-state index in [1.54, 1.807) is 43.3 Å². The van der Waals surface area contributed by atoms with Gasteiger partial charge >= 0.3 is 6.09 Å². The lowest BCUT2D eigenvalue weighted by molar-refractivity contribution is 0.0735. The van der Waals surface area contributed by atoms with Crippen LogP contribution in [0.4, 0.5) is 10.5 Å². The van der Waals surface area contributed by atoms with Crippen molar-refractivity contribution in [2.45, 2.75) is 12.0 Å². The van der Waals surface area contributed by atoms with Gasteiger partial charge in [0.2, 0.25) is 0 Å². The maximum absolute atomic E-state index is 12.9. The number of hydrogen-bond donors (Lipinski definition) is 0. The molecule has 1 amide bonds. The van der Waals surface area contributed by atoms with E-state index in [9.17, 15) is 10.1 Å². The molecule has 2 aromatic carbocycles. The number of rotatable bonds is 1. The summed E-state index contributed by atoms with van der Waals surface area (Å²) in [6.07, 6.45) is -0.556. The second-order valence-electron chi connectivity index (χ2n) is 5.90. The molecule has 2 aromatic rings. The topological polar surface area (TPSA) is 62.6 Å². The van der Waals surface area contributed by atoms with Gasteiger partial charge in [0.1, 0.15) is 16.9 Å². The van der Waals surface area contributed by atoms with Gasteiger partial charge in [-0.05, 0) is 31.2 Å². The van der Waals surface area contributed by atoms with Crippen LogP contribution in [-0.2, 0) is 0 Å². The van der Waals surface area contributed by atoms with E-state index in [0.717, 1.165) is 0 Å². The molecule has 0 aromatic heterocycles. The van der Waals surface area contributed by atoms with Crippen LogP contribution in [0.2, 0.25) is 0 Å². The average molecular weight is 338 g/mol. The zero-order chi connectivity index (χ0) is 16.8. The van der Waals surface area contributed by atoms with Crippen molar-refractivity contribution >= 4 is 23.5 Å². The fraction of sp³-hybridized carbons (Fsp3) is 0.222. The van der Waals surface area contributed by atoms with E-state index in [1.807, 2.05) is 18.2 Å². The quantitative estimate of drug-likeness (QED) is 0.786. The van der Waals surface area contributed by atoms with Crippen LogP contribution in [-0.4, -0.2) is 16.9 Å². The number of hydrogen-bond acceptors (Lipinski definition) is 5. The van der Waals surface area contributed by atoms with Crippen LogP contribution in [0.5, 0.6) is 11.5 Å². The zero-order valence-corrected chi connectivity index (χ0v) is 13.7. The van der Waals surface area contributed by atoms with Crippen molar-refractivity contribution in [1.82, 2.24) is 0 Å². The maximum atomic E-state index is 12.9. The molecule has 0 bridgehead atoms. The number of amides is 1. The minimum absolute atomic E-state index is 0.449. The lowest BCUT2D eigenvalue weighted by atomic mass is 9.90. The summed E-state index contributed by atoms with van der Waals surface area (Å²) in [6.45, 7) is 1.80. The van der Waals surface area contributed by atoms with Crippen LogP contribution in [0, 0.1) is 16.7 Å². The third kappa shape index (κ3) is 1.91. The molecular formula is C18H14N2O3S. The first-order chi connectivity index (χ1) is 11.6. The molecule has 0 radical (unpaired) electrons. The molecule has 0 saturated carbocycles. The summed E-state index contributed by atoms with van der Waals surface area (Å²) in [5.41, 5.74) is -0.195. The van der Waals surface area contributed by atoms with Gasteiger partial charge in [0.05, 0.1) is 11.8 Å². The monoisotopic (exact) mass is 338 g/mol. The number of nitriles is 1. The Morgan fingerprint density at radius 1 is 1.25 bits per heavy atom. The SMILES string of the molecule is CC1(C#N)CSC12Oc1ccccc1N2C(=O)Oc1ccccc1. The summed E-state index contributed by atoms with van der Waals surface area (Å²) in [6, 6.07) is 18.4. The highest BCUT2D eigenvalue weighted by atomic mass is 32.2. The highest BCUT2D eigenvalue weighted by Gasteiger charge is 2.69. The number of carbonyl (C=O) groups is 1. The van der Waals surface area contributed by atoms with Crippen molar-refractivity contribution in [2.24, 2.45) is 5.41 Å². The summed E-state index contributed by atoms with van der Waals surface area (Å²) in [7, 11) is 0. The molecule has 1 saturated heterocycles. The minimum Gasteiger partial charge on any atom is -0.454 e. The molecule has 5 nitrogen and oxygen atoms in total. The predicted octanol–water partition coefficient (Wildman–Crippen LogP) is 4.01. The Morgan fingerprint density at radius 3 is 2.62 bits per heavy atom. The maximum Gasteiger partial charge on any atom is 0.423 e. The first-order valence-corrected chi connectivity index (χ1v) is 8.49. The third-order valence-corrected chi connectivity index (χ3v) is 6.11. The van der Waals surface area contributed by atoms with Crippen LogP contribution in [0.1, 0.15) is 6.92 Å². The van der Waals surface area contributed by atoms with E-state index in [4.69, 9.17) is 9.47 Å². The van der Waals surface area contributed by atoms with E-state index in [2.05, 4.69) is 6.07 Å². The van der Waals surface area contributed by atoms with Gasteiger partial charge in [0, 0.05) is 5.75 Å². The van der Waals surface area contributed by atoms with Crippen LogP contribution in [0.25, 0.3) is 0 Å². The summed E-state index contributed by atoms with van der Waals surface area (Å²) >= 11 is 1.43. The lowest BCUT2D eigenvalue weighted by Gasteiger charge is -2.51. The average Bonchev–Trinajstić information content (AvgIpc) is 2.98. The van der Waals surface area contributed by atoms with Gasteiger partial charge in [-0.25, -0.2) is 9.69 Å².